The second-order valence-electron chi connectivity index (χ2n) is 9.85. The van der Waals surface area contributed by atoms with Crippen molar-refractivity contribution in [2.75, 3.05) is 24.2 Å². The number of nitrogens with one attached hydrogen (secondary N) is 1. The molecule has 0 saturated heterocycles. The summed E-state index contributed by atoms with van der Waals surface area (Å²) in [4.78, 5) is 28.1. The molecule has 0 fully saturated rings. The predicted octanol–water partition coefficient (Wildman–Crippen LogP) is 3.41. The second kappa shape index (κ2) is 11.1. The van der Waals surface area contributed by atoms with Crippen LogP contribution < -0.4 is 14.4 Å². The van der Waals surface area contributed by atoms with Gasteiger partial charge in [0.1, 0.15) is 18.3 Å². The molecule has 2 aromatic rings. The Morgan fingerprint density at radius 1 is 1.09 bits per heavy atom. The summed E-state index contributed by atoms with van der Waals surface area (Å²) in [6, 6.07) is 11.8. The maximum atomic E-state index is 13.6. The maximum Gasteiger partial charge on any atom is 0.244 e. The van der Waals surface area contributed by atoms with Crippen LogP contribution in [-0.2, 0) is 26.2 Å². The lowest BCUT2D eigenvalue weighted by molar-refractivity contribution is -0.140. The van der Waals surface area contributed by atoms with Crippen LogP contribution in [-0.4, -0.2) is 56.6 Å². The molecule has 0 bridgehead atoms. The van der Waals surface area contributed by atoms with Crippen LogP contribution >= 0.6 is 0 Å². The van der Waals surface area contributed by atoms with E-state index in [4.69, 9.17) is 4.74 Å². The standard InChI is InChI=1S/C26H37N3O5S/c1-18-12-13-19(2)23(14-18)29(35(8,32)33)17-24(30)28(20(3)25(31)27-26(4,5)6)16-21-10-9-11-22(15-21)34-7/h9-15,20H,16-17H2,1-8H3,(H,27,31). The van der Waals surface area contributed by atoms with Crippen LogP contribution in [0, 0.1) is 13.8 Å². The first kappa shape index (κ1) is 28.2. The molecule has 0 spiro atoms. The van der Waals surface area contributed by atoms with E-state index in [2.05, 4.69) is 5.32 Å². The number of hydrogen-bond donors (Lipinski definition) is 1. The van der Waals surface area contributed by atoms with Crippen molar-refractivity contribution >= 4 is 27.5 Å². The molecule has 1 unspecified atom stereocenters. The van der Waals surface area contributed by atoms with E-state index < -0.39 is 34.1 Å². The smallest absolute Gasteiger partial charge is 0.244 e. The molecule has 0 radical (unpaired) electrons. The highest BCUT2D eigenvalue weighted by atomic mass is 32.2. The summed E-state index contributed by atoms with van der Waals surface area (Å²) in [5, 5.41) is 2.91. The van der Waals surface area contributed by atoms with E-state index in [1.807, 2.05) is 45.9 Å². The number of sulfonamides is 1. The van der Waals surface area contributed by atoms with Gasteiger partial charge < -0.3 is 15.0 Å². The second-order valence-corrected chi connectivity index (χ2v) is 11.8. The molecule has 1 atom stereocenters. The number of benzene rings is 2. The summed E-state index contributed by atoms with van der Waals surface area (Å²) >= 11 is 0. The largest absolute Gasteiger partial charge is 0.497 e. The fourth-order valence-electron chi connectivity index (χ4n) is 3.61. The van der Waals surface area contributed by atoms with Crippen LogP contribution in [0.1, 0.15) is 44.4 Å². The summed E-state index contributed by atoms with van der Waals surface area (Å²) in [7, 11) is -2.23. The third-order valence-corrected chi connectivity index (χ3v) is 6.59. The molecule has 0 aliphatic rings. The van der Waals surface area contributed by atoms with Gasteiger partial charge in [-0.05, 0) is 76.4 Å². The summed E-state index contributed by atoms with van der Waals surface area (Å²) in [6.45, 7) is 10.6. The van der Waals surface area contributed by atoms with Gasteiger partial charge in [0.2, 0.25) is 21.8 Å². The van der Waals surface area contributed by atoms with E-state index >= 15 is 0 Å². The molecule has 35 heavy (non-hydrogen) atoms. The molecule has 2 aromatic carbocycles. The Morgan fingerprint density at radius 2 is 1.74 bits per heavy atom. The monoisotopic (exact) mass is 503 g/mol. The van der Waals surface area contributed by atoms with E-state index in [1.165, 1.54) is 4.90 Å². The Labute approximate surface area is 209 Å². The van der Waals surface area contributed by atoms with Gasteiger partial charge in [0.25, 0.3) is 0 Å². The topological polar surface area (TPSA) is 96.0 Å². The van der Waals surface area contributed by atoms with Gasteiger partial charge in [-0.15, -0.1) is 0 Å². The van der Waals surface area contributed by atoms with Gasteiger partial charge >= 0.3 is 0 Å². The zero-order valence-corrected chi connectivity index (χ0v) is 22.7. The normalized spacial score (nSPS) is 12.6. The Kier molecular flexibility index (Phi) is 8.94. The van der Waals surface area contributed by atoms with Gasteiger partial charge in [-0.3, -0.25) is 13.9 Å². The maximum absolute atomic E-state index is 13.6. The molecule has 1 N–H and O–H groups in total. The fourth-order valence-corrected chi connectivity index (χ4v) is 4.51. The van der Waals surface area contributed by atoms with Gasteiger partial charge in [-0.1, -0.05) is 24.3 Å². The number of carbonyl (C=O) groups excluding carboxylic acids is 2. The van der Waals surface area contributed by atoms with Gasteiger partial charge in [-0.2, -0.15) is 0 Å². The number of ether oxygens (including phenoxy) is 1. The number of hydrogen-bond acceptors (Lipinski definition) is 5. The first-order valence-corrected chi connectivity index (χ1v) is 13.3. The highest BCUT2D eigenvalue weighted by molar-refractivity contribution is 7.92. The first-order chi connectivity index (χ1) is 16.1. The van der Waals surface area contributed by atoms with E-state index in [0.29, 0.717) is 11.4 Å². The Hall–Kier alpha value is -3.07. The SMILES string of the molecule is COc1cccc(CN(C(=O)CN(c2cc(C)ccc2C)S(C)(=O)=O)C(C)C(=O)NC(C)(C)C)c1. The third kappa shape index (κ3) is 7.99. The predicted molar refractivity (Wildman–Crippen MR) is 139 cm³/mol. The highest BCUT2D eigenvalue weighted by Gasteiger charge is 2.31. The van der Waals surface area contributed by atoms with E-state index in [1.54, 1.807) is 45.2 Å². The van der Waals surface area contributed by atoms with Gasteiger partial charge in [0.15, 0.2) is 0 Å². The van der Waals surface area contributed by atoms with Gasteiger partial charge in [-0.25, -0.2) is 8.42 Å². The van der Waals surface area contributed by atoms with Crippen molar-refractivity contribution in [3.63, 3.8) is 0 Å². The third-order valence-electron chi connectivity index (χ3n) is 5.47. The number of nitrogens with zero attached hydrogens (tertiary/aromatic N) is 2. The van der Waals surface area contributed by atoms with Crippen molar-refractivity contribution in [1.29, 1.82) is 0 Å². The van der Waals surface area contributed by atoms with Crippen molar-refractivity contribution in [3.8, 4) is 5.75 Å². The van der Waals surface area contributed by atoms with Crippen LogP contribution in [0.25, 0.3) is 0 Å². The molecule has 2 amide bonds. The molecule has 0 saturated carbocycles. The number of aryl methyl sites for hydroxylation is 2. The van der Waals surface area contributed by atoms with Crippen LogP contribution in [0.5, 0.6) is 5.75 Å². The van der Waals surface area contributed by atoms with Crippen molar-refractivity contribution in [1.82, 2.24) is 10.2 Å². The zero-order chi connectivity index (χ0) is 26.6. The Morgan fingerprint density at radius 3 is 2.31 bits per heavy atom. The summed E-state index contributed by atoms with van der Waals surface area (Å²) in [6.07, 6.45) is 1.07. The minimum absolute atomic E-state index is 0.110. The van der Waals surface area contributed by atoms with Crippen molar-refractivity contribution in [2.45, 2.75) is 59.7 Å². The van der Waals surface area contributed by atoms with Crippen molar-refractivity contribution < 1.29 is 22.7 Å². The highest BCUT2D eigenvalue weighted by Crippen LogP contribution is 2.25. The summed E-state index contributed by atoms with van der Waals surface area (Å²) in [5.41, 5.74) is 2.30. The lowest BCUT2D eigenvalue weighted by Crippen LogP contribution is -2.54. The average molecular weight is 504 g/mol. The Bertz CT molecular complexity index is 1170. The van der Waals surface area contributed by atoms with Crippen molar-refractivity contribution in [3.05, 3.63) is 59.2 Å². The minimum atomic E-state index is -3.78. The molecule has 192 valence electrons. The molecular formula is C26H37N3O5S. The number of anilines is 1. The molecule has 0 aromatic heterocycles. The quantitative estimate of drug-likeness (QED) is 0.566. The summed E-state index contributed by atoms with van der Waals surface area (Å²) in [5.74, 6) is -0.197. The number of amides is 2. The molecule has 9 heteroatoms. The zero-order valence-electron chi connectivity index (χ0n) is 21.9. The number of rotatable bonds is 9. The minimum Gasteiger partial charge on any atom is -0.497 e. The molecule has 2 rings (SSSR count). The molecule has 8 nitrogen and oxygen atoms in total. The number of carbonyl (C=O) groups is 2. The molecule has 0 heterocycles. The lowest BCUT2D eigenvalue weighted by atomic mass is 10.1. The van der Waals surface area contributed by atoms with Crippen LogP contribution in [0.4, 0.5) is 5.69 Å². The average Bonchev–Trinajstić information content (AvgIpc) is 2.75. The fraction of sp³-hybridized carbons (Fsp3) is 0.462. The first-order valence-electron chi connectivity index (χ1n) is 11.4. The van der Waals surface area contributed by atoms with Crippen molar-refractivity contribution in [2.24, 2.45) is 0 Å². The van der Waals surface area contributed by atoms with Gasteiger partial charge in [0.05, 0.1) is 19.1 Å². The Balaban J connectivity index is 2.47. The summed E-state index contributed by atoms with van der Waals surface area (Å²) < 4.78 is 31.9. The van der Waals surface area contributed by atoms with Gasteiger partial charge in [0, 0.05) is 12.1 Å². The number of methoxy groups -OCH3 is 1. The van der Waals surface area contributed by atoms with Crippen LogP contribution in [0.2, 0.25) is 0 Å². The van der Waals surface area contributed by atoms with E-state index in [0.717, 1.165) is 27.3 Å². The molecule has 0 aliphatic carbocycles. The van der Waals surface area contributed by atoms with E-state index in [-0.39, 0.29) is 12.5 Å². The lowest BCUT2D eigenvalue weighted by Gasteiger charge is -2.33. The molecular weight excluding hydrogens is 466 g/mol. The van der Waals surface area contributed by atoms with E-state index in [9.17, 15) is 18.0 Å². The van der Waals surface area contributed by atoms with Crippen LogP contribution in [0.3, 0.4) is 0 Å². The molecule has 0 aliphatic heterocycles. The van der Waals surface area contributed by atoms with Crippen LogP contribution in [0.15, 0.2) is 42.5 Å².